The Labute approximate surface area is 195 Å². The molecule has 1 saturated heterocycles. The molecule has 2 aromatic carbocycles. The van der Waals surface area contributed by atoms with E-state index < -0.39 is 10.0 Å². The fourth-order valence-corrected chi connectivity index (χ4v) is 4.66. The van der Waals surface area contributed by atoms with Gasteiger partial charge in [-0.25, -0.2) is 8.42 Å². The van der Waals surface area contributed by atoms with Crippen molar-refractivity contribution in [1.29, 1.82) is 0 Å². The first-order valence-electron chi connectivity index (χ1n) is 11.2. The maximum atomic E-state index is 12.7. The molecule has 1 aliphatic heterocycles. The Kier molecular flexibility index (Phi) is 9.53. The summed E-state index contributed by atoms with van der Waals surface area (Å²) in [5, 5.41) is 0. The quantitative estimate of drug-likeness (QED) is 0.343. The molecule has 0 bridgehead atoms. The van der Waals surface area contributed by atoms with Crippen LogP contribution in [0.4, 0.5) is 0 Å². The summed E-state index contributed by atoms with van der Waals surface area (Å²) in [5.41, 5.74) is 0.870. The number of carbonyl (C=O) groups is 1. The Morgan fingerprint density at radius 2 is 1.52 bits per heavy atom. The molecule has 9 heteroatoms. The van der Waals surface area contributed by atoms with Gasteiger partial charge < -0.3 is 18.9 Å². The Morgan fingerprint density at radius 1 is 0.909 bits per heavy atom. The van der Waals surface area contributed by atoms with Gasteiger partial charge in [0, 0.05) is 19.5 Å². The van der Waals surface area contributed by atoms with E-state index in [1.54, 1.807) is 24.3 Å². The number of aryl methyl sites for hydroxylation is 1. The van der Waals surface area contributed by atoms with Gasteiger partial charge in [-0.3, -0.25) is 4.79 Å². The van der Waals surface area contributed by atoms with Crippen LogP contribution in [0.25, 0.3) is 0 Å². The summed E-state index contributed by atoms with van der Waals surface area (Å²) >= 11 is 0. The van der Waals surface area contributed by atoms with E-state index in [0.717, 1.165) is 17.7 Å². The Hall–Kier alpha value is -2.62. The van der Waals surface area contributed by atoms with Crippen LogP contribution >= 0.6 is 0 Å². The second-order valence-electron chi connectivity index (χ2n) is 7.55. The zero-order valence-electron chi connectivity index (χ0n) is 18.9. The standard InChI is InChI=1S/C24H31NO7S/c1-2-15-30-21-6-8-22(9-7-21)31-18-19-32-24(26)12-5-20-3-10-23(11-4-20)33(27,28)25-13-16-29-17-14-25/h3-4,6-11H,2,5,12-19H2,1H3. The highest BCUT2D eigenvalue weighted by atomic mass is 32.2. The number of carbonyl (C=O) groups excluding carboxylic acids is 1. The van der Waals surface area contributed by atoms with Gasteiger partial charge in [0.25, 0.3) is 0 Å². The van der Waals surface area contributed by atoms with Crippen LogP contribution in [0, 0.1) is 0 Å². The molecular formula is C24H31NO7S. The molecule has 3 rings (SSSR count). The summed E-state index contributed by atoms with van der Waals surface area (Å²) in [5.74, 6) is 1.15. The molecule has 0 aromatic heterocycles. The molecule has 0 spiro atoms. The number of hydrogen-bond acceptors (Lipinski definition) is 7. The van der Waals surface area contributed by atoms with Crippen LogP contribution in [-0.2, 0) is 30.7 Å². The average molecular weight is 478 g/mol. The number of esters is 1. The van der Waals surface area contributed by atoms with Gasteiger partial charge in [-0.1, -0.05) is 19.1 Å². The predicted molar refractivity (Wildman–Crippen MR) is 123 cm³/mol. The lowest BCUT2D eigenvalue weighted by atomic mass is 10.1. The molecule has 2 aromatic rings. The predicted octanol–water partition coefficient (Wildman–Crippen LogP) is 3.05. The molecule has 0 radical (unpaired) electrons. The minimum absolute atomic E-state index is 0.156. The molecule has 0 unspecified atom stereocenters. The van der Waals surface area contributed by atoms with E-state index in [1.807, 2.05) is 24.3 Å². The van der Waals surface area contributed by atoms with Gasteiger partial charge in [-0.15, -0.1) is 0 Å². The van der Waals surface area contributed by atoms with Crippen molar-refractivity contribution in [2.24, 2.45) is 0 Å². The molecule has 0 atom stereocenters. The largest absolute Gasteiger partial charge is 0.494 e. The summed E-state index contributed by atoms with van der Waals surface area (Å²) < 4.78 is 48.3. The van der Waals surface area contributed by atoms with Gasteiger partial charge in [0.15, 0.2) is 0 Å². The second kappa shape index (κ2) is 12.6. The number of morpholine rings is 1. The Morgan fingerprint density at radius 3 is 2.12 bits per heavy atom. The van der Waals surface area contributed by atoms with Gasteiger partial charge in [-0.05, 0) is 54.8 Å². The van der Waals surface area contributed by atoms with Crippen LogP contribution in [0.3, 0.4) is 0 Å². The number of sulfonamides is 1. The first-order chi connectivity index (χ1) is 16.0. The van der Waals surface area contributed by atoms with E-state index >= 15 is 0 Å². The maximum absolute atomic E-state index is 12.7. The zero-order valence-corrected chi connectivity index (χ0v) is 19.7. The molecule has 0 saturated carbocycles. The molecular weight excluding hydrogens is 446 g/mol. The number of hydrogen-bond donors (Lipinski definition) is 0. The van der Waals surface area contributed by atoms with E-state index in [-0.39, 0.29) is 30.5 Å². The van der Waals surface area contributed by atoms with Crippen LogP contribution in [0.2, 0.25) is 0 Å². The number of nitrogens with zero attached hydrogens (tertiary/aromatic N) is 1. The summed E-state index contributed by atoms with van der Waals surface area (Å²) in [6.45, 7) is 4.67. The first-order valence-corrected chi connectivity index (χ1v) is 12.6. The van der Waals surface area contributed by atoms with E-state index in [9.17, 15) is 13.2 Å². The molecule has 0 N–H and O–H groups in total. The van der Waals surface area contributed by atoms with Gasteiger partial charge in [0.1, 0.15) is 24.7 Å². The lowest BCUT2D eigenvalue weighted by molar-refractivity contribution is -0.144. The van der Waals surface area contributed by atoms with E-state index in [2.05, 4.69) is 6.92 Å². The highest BCUT2D eigenvalue weighted by Gasteiger charge is 2.26. The molecule has 1 fully saturated rings. The SMILES string of the molecule is CCCOc1ccc(OCCOC(=O)CCc2ccc(S(=O)(=O)N3CCOCC3)cc2)cc1. The molecule has 8 nitrogen and oxygen atoms in total. The van der Waals surface area contributed by atoms with E-state index in [1.165, 1.54) is 4.31 Å². The third kappa shape index (κ3) is 7.73. The third-order valence-corrected chi connectivity index (χ3v) is 6.97. The normalized spacial score (nSPS) is 14.6. The zero-order chi connectivity index (χ0) is 23.5. The van der Waals surface area contributed by atoms with Crippen molar-refractivity contribution in [3.8, 4) is 11.5 Å². The molecule has 0 amide bonds. The van der Waals surface area contributed by atoms with Gasteiger partial charge in [0.2, 0.25) is 10.0 Å². The second-order valence-corrected chi connectivity index (χ2v) is 9.49. The fourth-order valence-electron chi connectivity index (χ4n) is 3.25. The maximum Gasteiger partial charge on any atom is 0.306 e. The van der Waals surface area contributed by atoms with Crippen molar-refractivity contribution in [2.45, 2.75) is 31.1 Å². The van der Waals surface area contributed by atoms with Crippen LogP contribution in [0.5, 0.6) is 11.5 Å². The van der Waals surface area contributed by atoms with Crippen molar-refractivity contribution in [1.82, 2.24) is 4.31 Å². The Bertz CT molecular complexity index is 969. The third-order valence-electron chi connectivity index (χ3n) is 5.06. The van der Waals surface area contributed by atoms with Crippen molar-refractivity contribution in [3.63, 3.8) is 0 Å². The molecule has 180 valence electrons. The lowest BCUT2D eigenvalue weighted by Crippen LogP contribution is -2.40. The first kappa shape index (κ1) is 25.0. The molecule has 1 aliphatic rings. The number of ether oxygens (including phenoxy) is 4. The van der Waals surface area contributed by atoms with Crippen molar-refractivity contribution < 1.29 is 32.2 Å². The van der Waals surface area contributed by atoms with Crippen molar-refractivity contribution in [2.75, 3.05) is 46.1 Å². The highest BCUT2D eigenvalue weighted by Crippen LogP contribution is 2.19. The van der Waals surface area contributed by atoms with E-state index in [0.29, 0.717) is 45.1 Å². The monoisotopic (exact) mass is 477 g/mol. The van der Waals surface area contributed by atoms with Crippen molar-refractivity contribution >= 4 is 16.0 Å². The van der Waals surface area contributed by atoms with Crippen molar-refractivity contribution in [3.05, 3.63) is 54.1 Å². The van der Waals surface area contributed by atoms with Gasteiger partial charge in [-0.2, -0.15) is 4.31 Å². The van der Waals surface area contributed by atoms with Crippen LogP contribution in [-0.4, -0.2) is 64.8 Å². The fraction of sp³-hybridized carbons (Fsp3) is 0.458. The van der Waals surface area contributed by atoms with Crippen LogP contribution in [0.15, 0.2) is 53.4 Å². The van der Waals surface area contributed by atoms with Gasteiger partial charge in [0.05, 0.1) is 24.7 Å². The number of benzene rings is 2. The van der Waals surface area contributed by atoms with Crippen LogP contribution < -0.4 is 9.47 Å². The molecule has 33 heavy (non-hydrogen) atoms. The minimum Gasteiger partial charge on any atom is -0.494 e. The minimum atomic E-state index is -3.51. The van der Waals surface area contributed by atoms with Gasteiger partial charge >= 0.3 is 5.97 Å². The average Bonchev–Trinajstić information content (AvgIpc) is 2.85. The van der Waals surface area contributed by atoms with E-state index in [4.69, 9.17) is 18.9 Å². The smallest absolute Gasteiger partial charge is 0.306 e. The van der Waals surface area contributed by atoms with Crippen LogP contribution in [0.1, 0.15) is 25.3 Å². The summed E-state index contributed by atoms with van der Waals surface area (Å²) in [4.78, 5) is 12.2. The molecule has 1 heterocycles. The Balaban J connectivity index is 1.35. The highest BCUT2D eigenvalue weighted by molar-refractivity contribution is 7.89. The topological polar surface area (TPSA) is 91.4 Å². The summed E-state index contributed by atoms with van der Waals surface area (Å²) in [6.07, 6.45) is 1.63. The summed E-state index contributed by atoms with van der Waals surface area (Å²) in [6, 6.07) is 13.9. The molecule has 0 aliphatic carbocycles. The number of rotatable bonds is 12. The summed E-state index contributed by atoms with van der Waals surface area (Å²) in [7, 11) is -3.51. The lowest BCUT2D eigenvalue weighted by Gasteiger charge is -2.26.